The van der Waals surface area contributed by atoms with Crippen LogP contribution in [0.2, 0.25) is 0 Å². The molecule has 0 radical (unpaired) electrons. The Morgan fingerprint density at radius 1 is 0.906 bits per heavy atom. The van der Waals surface area contributed by atoms with Crippen LogP contribution in [0.15, 0.2) is 48.5 Å². The summed E-state index contributed by atoms with van der Waals surface area (Å²) in [6, 6.07) is 14.7. The minimum absolute atomic E-state index is 0.0443. The fourth-order valence-corrected chi connectivity index (χ4v) is 3.34. The van der Waals surface area contributed by atoms with Crippen LogP contribution in [0.25, 0.3) is 0 Å². The van der Waals surface area contributed by atoms with E-state index in [0.29, 0.717) is 18.7 Å². The van der Waals surface area contributed by atoms with E-state index in [9.17, 15) is 9.59 Å². The Bertz CT molecular complexity index is 849. The second kappa shape index (κ2) is 12.7. The van der Waals surface area contributed by atoms with Crippen molar-refractivity contribution in [2.24, 2.45) is 0 Å². The molecule has 32 heavy (non-hydrogen) atoms. The van der Waals surface area contributed by atoms with Crippen molar-refractivity contribution in [2.45, 2.75) is 65.6 Å². The Hall–Kier alpha value is -3.02. The monoisotopic (exact) mass is 440 g/mol. The topological polar surface area (TPSA) is 67.9 Å². The van der Waals surface area contributed by atoms with Gasteiger partial charge in [-0.3, -0.25) is 9.59 Å². The maximum Gasteiger partial charge on any atom is 0.261 e. The van der Waals surface area contributed by atoms with E-state index in [-0.39, 0.29) is 24.5 Å². The number of rotatable bonds is 12. The summed E-state index contributed by atoms with van der Waals surface area (Å²) < 4.78 is 11.0. The highest BCUT2D eigenvalue weighted by molar-refractivity contribution is 5.88. The highest BCUT2D eigenvalue weighted by Gasteiger charge is 2.29. The first-order valence-corrected chi connectivity index (χ1v) is 11.4. The van der Waals surface area contributed by atoms with Crippen molar-refractivity contribution in [1.29, 1.82) is 0 Å². The SMILES string of the molecule is CCc1ccc(OCC(=O)N(Cc2ccc(OC)cc2)[C@H](CC)C(=O)N[C@@H](C)CC)cc1. The van der Waals surface area contributed by atoms with Crippen molar-refractivity contribution in [1.82, 2.24) is 10.2 Å². The second-order valence-corrected chi connectivity index (χ2v) is 7.90. The van der Waals surface area contributed by atoms with Gasteiger partial charge in [-0.1, -0.05) is 45.0 Å². The predicted molar refractivity (Wildman–Crippen MR) is 127 cm³/mol. The maximum atomic E-state index is 13.2. The number of carbonyl (C=O) groups excluding carboxylic acids is 2. The Labute approximate surface area is 191 Å². The van der Waals surface area contributed by atoms with Crippen molar-refractivity contribution < 1.29 is 19.1 Å². The number of benzene rings is 2. The molecule has 1 N–H and O–H groups in total. The van der Waals surface area contributed by atoms with Gasteiger partial charge in [0, 0.05) is 12.6 Å². The lowest BCUT2D eigenvalue weighted by Crippen LogP contribution is -2.51. The molecule has 174 valence electrons. The molecule has 2 aromatic rings. The van der Waals surface area contributed by atoms with Gasteiger partial charge in [0.1, 0.15) is 17.5 Å². The maximum absolute atomic E-state index is 13.2. The van der Waals surface area contributed by atoms with Gasteiger partial charge >= 0.3 is 0 Å². The zero-order chi connectivity index (χ0) is 23.5. The van der Waals surface area contributed by atoms with Crippen LogP contribution in [0.3, 0.4) is 0 Å². The average molecular weight is 441 g/mol. The van der Waals surface area contributed by atoms with Crippen molar-refractivity contribution in [3.05, 3.63) is 59.7 Å². The highest BCUT2D eigenvalue weighted by Crippen LogP contribution is 2.18. The van der Waals surface area contributed by atoms with Gasteiger partial charge in [0.15, 0.2) is 6.61 Å². The summed E-state index contributed by atoms with van der Waals surface area (Å²) >= 11 is 0. The first-order valence-electron chi connectivity index (χ1n) is 11.4. The van der Waals surface area contributed by atoms with E-state index in [1.165, 1.54) is 5.56 Å². The van der Waals surface area contributed by atoms with Crippen LogP contribution in [0.4, 0.5) is 0 Å². The summed E-state index contributed by atoms with van der Waals surface area (Å²) in [6.45, 7) is 8.17. The molecule has 0 heterocycles. The molecule has 0 aliphatic rings. The number of hydrogen-bond acceptors (Lipinski definition) is 4. The van der Waals surface area contributed by atoms with E-state index in [2.05, 4.69) is 12.2 Å². The molecule has 0 aliphatic heterocycles. The van der Waals surface area contributed by atoms with E-state index in [1.807, 2.05) is 69.3 Å². The summed E-state index contributed by atoms with van der Waals surface area (Å²) in [5.74, 6) is 1.01. The number of nitrogens with zero attached hydrogens (tertiary/aromatic N) is 1. The average Bonchev–Trinajstić information content (AvgIpc) is 2.82. The largest absolute Gasteiger partial charge is 0.497 e. The molecule has 0 fully saturated rings. The molecule has 0 aliphatic carbocycles. The molecule has 2 atom stereocenters. The molecule has 0 saturated heterocycles. The summed E-state index contributed by atoms with van der Waals surface area (Å²) in [5, 5.41) is 3.01. The summed E-state index contributed by atoms with van der Waals surface area (Å²) in [7, 11) is 1.61. The number of nitrogens with one attached hydrogen (secondary N) is 1. The molecule has 2 aromatic carbocycles. The normalized spacial score (nSPS) is 12.5. The Kier molecular flexibility index (Phi) is 10.1. The minimum Gasteiger partial charge on any atom is -0.497 e. The molecule has 6 heteroatoms. The number of amides is 2. The standard InChI is InChI=1S/C26H36N2O4/c1-6-19(4)27-26(30)24(8-3)28(17-21-11-13-22(31-5)14-12-21)25(29)18-32-23-15-9-20(7-2)10-16-23/h9-16,19,24H,6-8,17-18H2,1-5H3,(H,27,30)/t19-,24+/m0/s1. The van der Waals surface area contributed by atoms with E-state index >= 15 is 0 Å². The number of hydrogen-bond donors (Lipinski definition) is 1. The van der Waals surface area contributed by atoms with Crippen LogP contribution in [0, 0.1) is 0 Å². The summed E-state index contributed by atoms with van der Waals surface area (Å²) in [6.07, 6.45) is 2.28. The molecule has 0 unspecified atom stereocenters. The van der Waals surface area contributed by atoms with E-state index in [1.54, 1.807) is 12.0 Å². The molecule has 6 nitrogen and oxygen atoms in total. The first kappa shape index (κ1) is 25.2. The Balaban J connectivity index is 2.19. The van der Waals surface area contributed by atoms with Crippen LogP contribution in [0.1, 0.15) is 51.7 Å². The number of aryl methyl sites for hydroxylation is 1. The van der Waals surface area contributed by atoms with Crippen LogP contribution in [-0.2, 0) is 22.6 Å². The lowest BCUT2D eigenvalue weighted by atomic mass is 10.1. The summed E-state index contributed by atoms with van der Waals surface area (Å²) in [4.78, 5) is 27.8. The Morgan fingerprint density at radius 2 is 1.50 bits per heavy atom. The zero-order valence-corrected chi connectivity index (χ0v) is 19.9. The molecule has 2 rings (SSSR count). The molecule has 0 saturated carbocycles. The van der Waals surface area contributed by atoms with Gasteiger partial charge in [-0.2, -0.15) is 0 Å². The zero-order valence-electron chi connectivity index (χ0n) is 19.9. The lowest BCUT2D eigenvalue weighted by Gasteiger charge is -2.31. The van der Waals surface area contributed by atoms with Crippen LogP contribution in [-0.4, -0.2) is 42.5 Å². The van der Waals surface area contributed by atoms with E-state index in [0.717, 1.165) is 24.2 Å². The second-order valence-electron chi connectivity index (χ2n) is 7.90. The van der Waals surface area contributed by atoms with Crippen molar-refractivity contribution in [2.75, 3.05) is 13.7 Å². The van der Waals surface area contributed by atoms with Crippen molar-refractivity contribution in [3.8, 4) is 11.5 Å². The molecule has 2 amide bonds. The van der Waals surface area contributed by atoms with Gasteiger partial charge in [0.05, 0.1) is 7.11 Å². The van der Waals surface area contributed by atoms with Gasteiger partial charge in [-0.25, -0.2) is 0 Å². The van der Waals surface area contributed by atoms with Crippen LogP contribution >= 0.6 is 0 Å². The van der Waals surface area contributed by atoms with Gasteiger partial charge in [-0.05, 0) is 61.6 Å². The Morgan fingerprint density at radius 3 is 2.03 bits per heavy atom. The molecule has 0 bridgehead atoms. The van der Waals surface area contributed by atoms with Gasteiger partial charge in [0.25, 0.3) is 5.91 Å². The number of carbonyl (C=O) groups is 2. The van der Waals surface area contributed by atoms with Gasteiger partial charge in [-0.15, -0.1) is 0 Å². The molecule has 0 spiro atoms. The third-order valence-corrected chi connectivity index (χ3v) is 5.59. The third-order valence-electron chi connectivity index (χ3n) is 5.59. The fourth-order valence-electron chi connectivity index (χ4n) is 3.34. The van der Waals surface area contributed by atoms with Crippen LogP contribution in [0.5, 0.6) is 11.5 Å². The van der Waals surface area contributed by atoms with Crippen LogP contribution < -0.4 is 14.8 Å². The van der Waals surface area contributed by atoms with E-state index < -0.39 is 6.04 Å². The fraction of sp³-hybridized carbons (Fsp3) is 0.462. The third kappa shape index (κ3) is 7.29. The molecular formula is C26H36N2O4. The predicted octanol–water partition coefficient (Wildman–Crippen LogP) is 4.36. The molecule has 0 aromatic heterocycles. The highest BCUT2D eigenvalue weighted by atomic mass is 16.5. The van der Waals surface area contributed by atoms with E-state index in [4.69, 9.17) is 9.47 Å². The lowest BCUT2D eigenvalue weighted by molar-refractivity contribution is -0.143. The summed E-state index contributed by atoms with van der Waals surface area (Å²) in [5.41, 5.74) is 2.12. The molecular weight excluding hydrogens is 404 g/mol. The number of methoxy groups -OCH3 is 1. The van der Waals surface area contributed by atoms with Gasteiger partial charge < -0.3 is 19.7 Å². The number of ether oxygens (including phenoxy) is 2. The van der Waals surface area contributed by atoms with Crippen molar-refractivity contribution >= 4 is 11.8 Å². The first-order chi connectivity index (χ1) is 15.4. The van der Waals surface area contributed by atoms with Gasteiger partial charge in [0.2, 0.25) is 5.91 Å². The smallest absolute Gasteiger partial charge is 0.261 e. The quantitative estimate of drug-likeness (QED) is 0.533. The minimum atomic E-state index is -0.579. The van der Waals surface area contributed by atoms with Crippen molar-refractivity contribution in [3.63, 3.8) is 0 Å².